The van der Waals surface area contributed by atoms with Crippen molar-refractivity contribution in [1.82, 2.24) is 19.6 Å². The third-order valence-corrected chi connectivity index (χ3v) is 16.7. The summed E-state index contributed by atoms with van der Waals surface area (Å²) in [6.45, 7) is 9.35. The van der Waals surface area contributed by atoms with Crippen LogP contribution in [0.3, 0.4) is 0 Å². The predicted molar refractivity (Wildman–Crippen MR) is 217 cm³/mol. The molecule has 8 rings (SSSR count). The lowest BCUT2D eigenvalue weighted by atomic mass is 10.1. The van der Waals surface area contributed by atoms with Gasteiger partial charge in [0, 0.05) is 89.7 Å². The number of halogens is 4. The van der Waals surface area contributed by atoms with Crippen LogP contribution in [0.1, 0.15) is 49.7 Å². The molecular formula is C44H52F4N4O4S2. The summed E-state index contributed by atoms with van der Waals surface area (Å²) in [4.78, 5) is 9.11. The van der Waals surface area contributed by atoms with E-state index in [9.17, 15) is 34.4 Å². The Labute approximate surface area is 340 Å². The molecule has 58 heavy (non-hydrogen) atoms. The molecular weight excluding hydrogens is 789 g/mol. The zero-order chi connectivity index (χ0) is 40.9. The molecule has 0 bridgehead atoms. The highest BCUT2D eigenvalue weighted by Crippen LogP contribution is 2.35. The van der Waals surface area contributed by atoms with Crippen molar-refractivity contribution >= 4 is 19.7 Å². The Hall–Kier alpha value is -3.66. The number of rotatable bonds is 10. The first-order chi connectivity index (χ1) is 27.8. The van der Waals surface area contributed by atoms with Gasteiger partial charge in [-0.05, 0) is 73.9 Å². The molecule has 4 aromatic carbocycles. The Morgan fingerprint density at radius 1 is 0.448 bits per heavy atom. The molecule has 8 nitrogen and oxygen atoms in total. The number of piperazine rings is 2. The van der Waals surface area contributed by atoms with Crippen LogP contribution in [-0.2, 0) is 32.8 Å². The van der Waals surface area contributed by atoms with Crippen molar-refractivity contribution in [3.63, 3.8) is 0 Å². The minimum absolute atomic E-state index is 0.215. The molecule has 0 unspecified atom stereocenters. The van der Waals surface area contributed by atoms with Gasteiger partial charge >= 0.3 is 0 Å². The fourth-order valence-electron chi connectivity index (χ4n) is 9.09. The van der Waals surface area contributed by atoms with Crippen LogP contribution >= 0.6 is 0 Å². The van der Waals surface area contributed by atoms with Crippen molar-refractivity contribution in [2.45, 2.75) is 84.0 Å². The quantitative estimate of drug-likeness (QED) is 0.159. The lowest BCUT2D eigenvalue weighted by molar-refractivity contribution is 0.0938. The van der Waals surface area contributed by atoms with E-state index in [1.54, 1.807) is 0 Å². The normalized spacial score (nSPS) is 24.1. The zero-order valence-electron chi connectivity index (χ0n) is 32.6. The van der Waals surface area contributed by atoms with Gasteiger partial charge in [-0.1, -0.05) is 60.7 Å². The first-order valence-corrected chi connectivity index (χ1v) is 23.3. The van der Waals surface area contributed by atoms with Gasteiger partial charge in [-0.25, -0.2) is 34.4 Å². The van der Waals surface area contributed by atoms with Gasteiger partial charge in [0.05, 0.1) is 20.3 Å². The van der Waals surface area contributed by atoms with E-state index in [0.29, 0.717) is 37.8 Å². The summed E-state index contributed by atoms with van der Waals surface area (Å²) in [6, 6.07) is 26.3. The summed E-state index contributed by atoms with van der Waals surface area (Å²) < 4.78 is 105. The molecule has 4 aromatic rings. The van der Waals surface area contributed by atoms with E-state index in [2.05, 4.69) is 68.1 Å². The van der Waals surface area contributed by atoms with Gasteiger partial charge in [0.15, 0.2) is 19.7 Å². The minimum atomic E-state index is -3.72. The van der Waals surface area contributed by atoms with E-state index < -0.39 is 53.4 Å². The van der Waals surface area contributed by atoms with Crippen LogP contribution in [0, 0.1) is 23.3 Å². The Morgan fingerprint density at radius 3 is 1.10 bits per heavy atom. The summed E-state index contributed by atoms with van der Waals surface area (Å²) in [6.07, 6.45) is 3.74. The van der Waals surface area contributed by atoms with Gasteiger partial charge < -0.3 is 0 Å². The van der Waals surface area contributed by atoms with E-state index in [4.69, 9.17) is 0 Å². The Bertz CT molecular complexity index is 2010. The third kappa shape index (κ3) is 10.6. The molecule has 312 valence electrons. The maximum atomic E-state index is 13.5. The SMILES string of the molecule is O=S(=O)(c1cc(F)cc(F)c1)[C@@H]1CC[C@@H](N2CCN(Cc3ccccc3)CC2)C1.O=S(=O)(c1cc(F)cc(F)c1)[C@H]1CC[C@@H](N2CCN(Cc3ccccc3)CC2)C1. The van der Waals surface area contributed by atoms with Crippen LogP contribution in [0.25, 0.3) is 0 Å². The number of nitrogens with zero attached hydrogens (tertiary/aromatic N) is 4. The molecule has 4 atom stereocenters. The van der Waals surface area contributed by atoms with Crippen molar-refractivity contribution in [3.05, 3.63) is 131 Å². The summed E-state index contributed by atoms with van der Waals surface area (Å²) in [5.74, 6) is -3.42. The first-order valence-electron chi connectivity index (χ1n) is 20.2. The van der Waals surface area contributed by atoms with Crippen LogP contribution in [0.5, 0.6) is 0 Å². The number of hydrogen-bond acceptors (Lipinski definition) is 8. The van der Waals surface area contributed by atoms with Crippen molar-refractivity contribution < 1.29 is 34.4 Å². The van der Waals surface area contributed by atoms with Crippen molar-refractivity contribution in [3.8, 4) is 0 Å². The molecule has 0 N–H and O–H groups in total. The Kier molecular flexibility index (Phi) is 13.7. The molecule has 2 saturated carbocycles. The first kappa shape index (κ1) is 42.5. The minimum Gasteiger partial charge on any atom is -0.298 e. The van der Waals surface area contributed by atoms with Gasteiger partial charge in [-0.3, -0.25) is 19.6 Å². The van der Waals surface area contributed by atoms with Gasteiger partial charge in [0.2, 0.25) is 0 Å². The van der Waals surface area contributed by atoms with Crippen LogP contribution in [-0.4, -0.2) is 111 Å². The molecule has 2 saturated heterocycles. The standard InChI is InChI=1S/2C22H26F2N2O2S/c2*23-18-12-19(24)14-22(13-18)29(27,28)21-7-6-20(15-21)26-10-8-25(9-11-26)16-17-4-2-1-3-5-17/h2*1-5,12-14,20-21H,6-11,15-16H2/t20-,21+;20-,21-/m11/s1. The maximum absolute atomic E-state index is 13.5. The Balaban J connectivity index is 0.000000177. The fourth-order valence-corrected chi connectivity index (χ4v) is 12.8. The van der Waals surface area contributed by atoms with Gasteiger partial charge in [0.25, 0.3) is 0 Å². The molecule has 0 spiro atoms. The third-order valence-electron chi connectivity index (χ3n) is 12.3. The summed E-state index contributed by atoms with van der Waals surface area (Å²) in [5.41, 5.74) is 2.60. The lowest BCUT2D eigenvalue weighted by Crippen LogP contribution is -2.49. The monoisotopic (exact) mass is 840 g/mol. The molecule has 4 fully saturated rings. The average Bonchev–Trinajstić information content (AvgIpc) is 3.92. The van der Waals surface area contributed by atoms with E-state index in [0.717, 1.165) is 103 Å². The second-order valence-electron chi connectivity index (χ2n) is 16.1. The molecule has 0 aromatic heterocycles. The van der Waals surface area contributed by atoms with Gasteiger partial charge in [-0.2, -0.15) is 0 Å². The van der Waals surface area contributed by atoms with Crippen LogP contribution in [0.2, 0.25) is 0 Å². The highest BCUT2D eigenvalue weighted by Gasteiger charge is 2.40. The fraction of sp³-hybridized carbons (Fsp3) is 0.455. The highest BCUT2D eigenvalue weighted by molar-refractivity contribution is 7.92. The second kappa shape index (κ2) is 18.7. The van der Waals surface area contributed by atoms with Crippen LogP contribution < -0.4 is 0 Å². The maximum Gasteiger partial charge on any atom is 0.181 e. The van der Waals surface area contributed by atoms with E-state index in [-0.39, 0.29) is 21.9 Å². The number of benzene rings is 4. The van der Waals surface area contributed by atoms with Crippen LogP contribution in [0.15, 0.2) is 107 Å². The largest absolute Gasteiger partial charge is 0.298 e. The molecule has 4 aliphatic rings. The molecule has 2 aliphatic carbocycles. The number of hydrogen-bond donors (Lipinski definition) is 0. The Morgan fingerprint density at radius 2 is 0.776 bits per heavy atom. The average molecular weight is 841 g/mol. The van der Waals surface area contributed by atoms with E-state index in [1.807, 2.05) is 12.1 Å². The van der Waals surface area contributed by atoms with Crippen LogP contribution in [0.4, 0.5) is 17.6 Å². The van der Waals surface area contributed by atoms with Gasteiger partial charge in [-0.15, -0.1) is 0 Å². The smallest absolute Gasteiger partial charge is 0.181 e. The summed E-state index contributed by atoms with van der Waals surface area (Å²) in [5, 5.41) is -1.15. The molecule has 14 heteroatoms. The molecule has 2 heterocycles. The second-order valence-corrected chi connectivity index (χ2v) is 20.5. The topological polar surface area (TPSA) is 81.2 Å². The van der Waals surface area contributed by atoms with Crippen molar-refractivity contribution in [2.75, 3.05) is 52.4 Å². The van der Waals surface area contributed by atoms with E-state index >= 15 is 0 Å². The predicted octanol–water partition coefficient (Wildman–Crippen LogP) is 6.95. The van der Waals surface area contributed by atoms with Gasteiger partial charge in [0.1, 0.15) is 23.3 Å². The number of sulfone groups is 2. The summed E-state index contributed by atoms with van der Waals surface area (Å²) in [7, 11) is -7.45. The van der Waals surface area contributed by atoms with Crippen molar-refractivity contribution in [1.29, 1.82) is 0 Å². The molecule has 2 aliphatic heterocycles. The zero-order valence-corrected chi connectivity index (χ0v) is 34.2. The molecule has 0 radical (unpaired) electrons. The highest BCUT2D eigenvalue weighted by atomic mass is 32.2. The lowest BCUT2D eigenvalue weighted by Gasteiger charge is -2.38. The van der Waals surface area contributed by atoms with E-state index in [1.165, 1.54) is 11.1 Å². The van der Waals surface area contributed by atoms with Crippen molar-refractivity contribution in [2.24, 2.45) is 0 Å². The summed E-state index contributed by atoms with van der Waals surface area (Å²) >= 11 is 0. The molecule has 0 amide bonds.